The summed E-state index contributed by atoms with van der Waals surface area (Å²) in [4.78, 5) is 1.22. The zero-order chi connectivity index (χ0) is 15.2. The first-order valence-corrected chi connectivity index (χ1v) is 8.67. The lowest BCUT2D eigenvalue weighted by atomic mass is 10.0. The topological polar surface area (TPSA) is 37.8 Å². The van der Waals surface area contributed by atoms with Gasteiger partial charge < -0.3 is 5.32 Å². The second-order valence-electron chi connectivity index (χ2n) is 4.90. The van der Waals surface area contributed by atoms with Crippen molar-refractivity contribution in [2.24, 2.45) is 0 Å². The van der Waals surface area contributed by atoms with Crippen molar-refractivity contribution in [3.05, 3.63) is 44.4 Å². The van der Waals surface area contributed by atoms with Crippen molar-refractivity contribution in [3.63, 3.8) is 0 Å². The van der Waals surface area contributed by atoms with E-state index in [1.807, 2.05) is 18.2 Å². The summed E-state index contributed by atoms with van der Waals surface area (Å²) in [5, 5.41) is 8.99. The third-order valence-electron chi connectivity index (χ3n) is 3.30. The van der Waals surface area contributed by atoms with Crippen molar-refractivity contribution in [3.8, 4) is 0 Å². The Bertz CT molecular complexity index is 586. The number of hydrogen-bond acceptors (Lipinski definition) is 4. The van der Waals surface area contributed by atoms with Gasteiger partial charge in [0.1, 0.15) is 0 Å². The van der Waals surface area contributed by atoms with Gasteiger partial charge in [-0.15, -0.1) is 5.10 Å². The highest BCUT2D eigenvalue weighted by molar-refractivity contribution is 7.05. The summed E-state index contributed by atoms with van der Waals surface area (Å²) in [6, 6.07) is 6.03. The minimum atomic E-state index is 0.220. The molecule has 1 aromatic heterocycles. The number of benzene rings is 1. The second kappa shape index (κ2) is 8.08. The average Bonchev–Trinajstić information content (AvgIpc) is 2.95. The van der Waals surface area contributed by atoms with E-state index in [1.54, 1.807) is 0 Å². The zero-order valence-corrected chi connectivity index (χ0v) is 14.5. The summed E-state index contributed by atoms with van der Waals surface area (Å²) in [6.07, 6.45) is 2.84. The summed E-state index contributed by atoms with van der Waals surface area (Å²) in [5.41, 5.74) is 2.24. The lowest BCUT2D eigenvalue weighted by molar-refractivity contribution is 0.532. The monoisotopic (exact) mass is 343 g/mol. The largest absolute Gasteiger partial charge is 0.309 e. The van der Waals surface area contributed by atoms with Crippen LogP contribution in [0.4, 0.5) is 0 Å². The van der Waals surface area contributed by atoms with E-state index < -0.39 is 0 Å². The van der Waals surface area contributed by atoms with Crippen molar-refractivity contribution in [1.29, 1.82) is 0 Å². The number of aromatic nitrogens is 2. The van der Waals surface area contributed by atoms with Gasteiger partial charge in [0.15, 0.2) is 0 Å². The van der Waals surface area contributed by atoms with E-state index in [4.69, 9.17) is 23.2 Å². The average molecular weight is 344 g/mol. The molecule has 0 fully saturated rings. The van der Waals surface area contributed by atoms with E-state index in [-0.39, 0.29) is 6.04 Å². The van der Waals surface area contributed by atoms with E-state index in [9.17, 15) is 0 Å². The Kier molecular flexibility index (Phi) is 6.42. The first-order chi connectivity index (χ1) is 10.2. The van der Waals surface area contributed by atoms with Crippen LogP contribution in [0.15, 0.2) is 18.2 Å². The fraction of sp³-hybridized carbons (Fsp3) is 0.467. The van der Waals surface area contributed by atoms with Crippen LogP contribution in [0.3, 0.4) is 0 Å². The zero-order valence-electron chi connectivity index (χ0n) is 12.2. The minimum absolute atomic E-state index is 0.220. The summed E-state index contributed by atoms with van der Waals surface area (Å²) in [6.45, 7) is 5.23. The van der Waals surface area contributed by atoms with Crippen LogP contribution < -0.4 is 5.32 Å². The van der Waals surface area contributed by atoms with Crippen LogP contribution in [0.1, 0.15) is 42.4 Å². The van der Waals surface area contributed by atoms with Crippen molar-refractivity contribution >= 4 is 34.7 Å². The number of halogens is 2. The molecule has 0 spiro atoms. The summed E-state index contributed by atoms with van der Waals surface area (Å²) >= 11 is 13.6. The normalized spacial score (nSPS) is 12.6. The predicted octanol–water partition coefficient (Wildman–Crippen LogP) is 4.69. The SMILES string of the molecule is CCCNC(Cc1ccc(Cl)c(Cl)c1)c1snnc1CC. The molecule has 2 rings (SSSR count). The molecule has 114 valence electrons. The number of nitrogens with zero attached hydrogens (tertiary/aromatic N) is 2. The maximum absolute atomic E-state index is 6.11. The molecule has 1 atom stereocenters. The van der Waals surface area contributed by atoms with Crippen molar-refractivity contribution in [1.82, 2.24) is 14.9 Å². The number of nitrogens with one attached hydrogen (secondary N) is 1. The molecule has 0 aliphatic carbocycles. The molecule has 1 unspecified atom stereocenters. The second-order valence-corrected chi connectivity index (χ2v) is 6.50. The Morgan fingerprint density at radius 3 is 2.71 bits per heavy atom. The summed E-state index contributed by atoms with van der Waals surface area (Å²) < 4.78 is 4.10. The summed E-state index contributed by atoms with van der Waals surface area (Å²) in [5.74, 6) is 0. The van der Waals surface area contributed by atoms with Gasteiger partial charge in [0.25, 0.3) is 0 Å². The van der Waals surface area contributed by atoms with E-state index in [1.165, 1.54) is 16.4 Å². The molecular formula is C15H19Cl2N3S. The molecule has 1 heterocycles. The fourth-order valence-electron chi connectivity index (χ4n) is 2.20. The van der Waals surface area contributed by atoms with Gasteiger partial charge in [-0.2, -0.15) is 0 Å². The molecule has 1 aromatic carbocycles. The van der Waals surface area contributed by atoms with Gasteiger partial charge >= 0.3 is 0 Å². The van der Waals surface area contributed by atoms with Crippen LogP contribution in [0, 0.1) is 0 Å². The first kappa shape index (κ1) is 16.7. The molecule has 6 heteroatoms. The highest BCUT2D eigenvalue weighted by Gasteiger charge is 2.18. The van der Waals surface area contributed by atoms with Gasteiger partial charge in [-0.05, 0) is 55.0 Å². The summed E-state index contributed by atoms with van der Waals surface area (Å²) in [7, 11) is 0. The number of rotatable bonds is 7. The Balaban J connectivity index is 2.21. The molecule has 0 aliphatic heterocycles. The Morgan fingerprint density at radius 2 is 2.05 bits per heavy atom. The Hall–Kier alpha value is -0.680. The quantitative estimate of drug-likeness (QED) is 0.792. The van der Waals surface area contributed by atoms with Crippen LogP contribution in [0.5, 0.6) is 0 Å². The minimum Gasteiger partial charge on any atom is -0.309 e. The molecule has 0 saturated heterocycles. The molecule has 0 radical (unpaired) electrons. The van der Waals surface area contributed by atoms with Gasteiger partial charge in [0.2, 0.25) is 0 Å². The third kappa shape index (κ3) is 4.39. The molecule has 0 amide bonds. The van der Waals surface area contributed by atoms with Crippen LogP contribution in [-0.2, 0) is 12.8 Å². The molecule has 21 heavy (non-hydrogen) atoms. The Labute approximate surface area is 139 Å². The maximum Gasteiger partial charge on any atom is 0.0801 e. The lowest BCUT2D eigenvalue weighted by Gasteiger charge is -2.18. The smallest absolute Gasteiger partial charge is 0.0801 e. The molecule has 2 aromatic rings. The first-order valence-electron chi connectivity index (χ1n) is 7.14. The number of hydrogen-bond donors (Lipinski definition) is 1. The maximum atomic E-state index is 6.11. The van der Waals surface area contributed by atoms with E-state index >= 15 is 0 Å². The van der Waals surface area contributed by atoms with Gasteiger partial charge in [-0.25, -0.2) is 0 Å². The molecule has 3 nitrogen and oxygen atoms in total. The van der Waals surface area contributed by atoms with Gasteiger partial charge in [-0.1, -0.05) is 47.6 Å². The van der Waals surface area contributed by atoms with Crippen molar-refractivity contribution in [2.45, 2.75) is 39.2 Å². The van der Waals surface area contributed by atoms with Gasteiger partial charge in [-0.3, -0.25) is 0 Å². The number of aryl methyl sites for hydroxylation is 1. The van der Waals surface area contributed by atoms with Crippen LogP contribution in [0.25, 0.3) is 0 Å². The van der Waals surface area contributed by atoms with E-state index in [2.05, 4.69) is 28.8 Å². The van der Waals surface area contributed by atoms with Crippen LogP contribution >= 0.6 is 34.7 Å². The van der Waals surface area contributed by atoms with E-state index in [0.29, 0.717) is 10.0 Å². The predicted molar refractivity (Wildman–Crippen MR) is 90.5 cm³/mol. The van der Waals surface area contributed by atoms with Crippen molar-refractivity contribution in [2.75, 3.05) is 6.54 Å². The van der Waals surface area contributed by atoms with Gasteiger partial charge in [0, 0.05) is 6.04 Å². The van der Waals surface area contributed by atoms with Crippen molar-refractivity contribution < 1.29 is 0 Å². The lowest BCUT2D eigenvalue weighted by Crippen LogP contribution is -2.24. The van der Waals surface area contributed by atoms with E-state index in [0.717, 1.165) is 37.1 Å². The molecule has 0 bridgehead atoms. The highest BCUT2D eigenvalue weighted by Crippen LogP contribution is 2.28. The fourth-order valence-corrected chi connectivity index (χ4v) is 3.34. The molecule has 0 aliphatic rings. The standard InChI is InChI=1S/C15H19Cl2N3S/c1-3-7-18-14(15-13(4-2)19-20-21-15)9-10-5-6-11(16)12(17)8-10/h5-6,8,14,18H,3-4,7,9H2,1-2H3. The van der Waals surface area contributed by atoms with Gasteiger partial charge in [0.05, 0.1) is 20.6 Å². The molecule has 0 saturated carbocycles. The third-order valence-corrected chi connectivity index (χ3v) is 4.92. The molecule has 1 N–H and O–H groups in total. The Morgan fingerprint density at radius 1 is 1.24 bits per heavy atom. The van der Waals surface area contributed by atoms with Crippen LogP contribution in [-0.4, -0.2) is 16.1 Å². The van der Waals surface area contributed by atoms with Crippen LogP contribution in [0.2, 0.25) is 10.0 Å². The highest BCUT2D eigenvalue weighted by atomic mass is 35.5. The molecular weight excluding hydrogens is 325 g/mol.